The number of hydrogen-bond donors (Lipinski definition) is 1. The molecule has 154 valence electrons. The Labute approximate surface area is 173 Å². The molecule has 1 aliphatic rings. The number of aliphatic carboxylic acids is 1. The van der Waals surface area contributed by atoms with E-state index in [1.54, 1.807) is 0 Å². The van der Waals surface area contributed by atoms with E-state index in [0.29, 0.717) is 31.0 Å². The third kappa shape index (κ3) is 5.11. The fraction of sp³-hybridized carbons (Fsp3) is 0.316. The third-order valence-corrected chi connectivity index (χ3v) is 6.93. The molecule has 1 aromatic carbocycles. The van der Waals surface area contributed by atoms with Crippen molar-refractivity contribution in [1.82, 2.24) is 14.6 Å². The van der Waals surface area contributed by atoms with Crippen LogP contribution in [0.1, 0.15) is 34.8 Å². The molecule has 0 bridgehead atoms. The van der Waals surface area contributed by atoms with Gasteiger partial charge >= 0.3 is 0 Å². The lowest BCUT2D eigenvalue weighted by atomic mass is 9.90. The van der Waals surface area contributed by atoms with Gasteiger partial charge in [-0.05, 0) is 48.6 Å². The molecule has 8 nitrogen and oxygen atoms in total. The lowest BCUT2D eigenvalue weighted by Crippen LogP contribution is -2.38. The number of amides is 1. The molecule has 3 rings (SSSR count). The number of carboxylic acid groups (broad SMARTS) is 1. The molecule has 1 saturated heterocycles. The Kier molecular flexibility index (Phi) is 6.51. The van der Waals surface area contributed by atoms with Crippen LogP contribution in [0.4, 0.5) is 0 Å². The predicted octanol–water partition coefficient (Wildman–Crippen LogP) is 0.783. The van der Waals surface area contributed by atoms with Crippen molar-refractivity contribution in [2.24, 2.45) is 0 Å². The molecular formula is C19H19ClN3O5S-. The Bertz CT molecular complexity index is 986. The van der Waals surface area contributed by atoms with E-state index < -0.39 is 28.4 Å². The smallest absolute Gasteiger partial charge is 0.270 e. The highest BCUT2D eigenvalue weighted by atomic mass is 35.5. The minimum atomic E-state index is -3.73. The van der Waals surface area contributed by atoms with E-state index in [4.69, 9.17) is 11.6 Å². The van der Waals surface area contributed by atoms with Crippen molar-refractivity contribution in [1.29, 1.82) is 0 Å². The fourth-order valence-electron chi connectivity index (χ4n) is 3.22. The molecule has 0 atom stereocenters. The molecule has 0 spiro atoms. The number of carboxylic acids is 1. The minimum Gasteiger partial charge on any atom is -0.548 e. The summed E-state index contributed by atoms with van der Waals surface area (Å²) < 4.78 is 27.1. The third-order valence-electron chi connectivity index (χ3n) is 4.80. The maximum absolute atomic E-state index is 12.9. The van der Waals surface area contributed by atoms with Crippen LogP contribution in [0.3, 0.4) is 0 Å². The van der Waals surface area contributed by atoms with Crippen molar-refractivity contribution in [2.75, 3.05) is 19.6 Å². The number of halogens is 1. The van der Waals surface area contributed by atoms with Crippen LogP contribution in [-0.4, -0.2) is 49.2 Å². The molecule has 0 saturated carbocycles. The molecule has 1 N–H and O–H groups in total. The molecule has 1 fully saturated rings. The number of carbonyl (C=O) groups is 2. The highest BCUT2D eigenvalue weighted by Crippen LogP contribution is 2.31. The Morgan fingerprint density at radius 2 is 1.79 bits per heavy atom. The van der Waals surface area contributed by atoms with Gasteiger partial charge < -0.3 is 15.2 Å². The van der Waals surface area contributed by atoms with E-state index in [1.807, 2.05) is 24.3 Å². The Morgan fingerprint density at radius 1 is 1.14 bits per heavy atom. The summed E-state index contributed by atoms with van der Waals surface area (Å²) in [5, 5.41) is 13.2. The monoisotopic (exact) mass is 436 g/mol. The van der Waals surface area contributed by atoms with E-state index in [9.17, 15) is 23.1 Å². The van der Waals surface area contributed by atoms with Crippen molar-refractivity contribution in [3.05, 3.63) is 58.9 Å². The number of sulfonamides is 1. The number of hydrogen-bond acceptors (Lipinski definition) is 6. The van der Waals surface area contributed by atoms with Crippen LogP contribution in [0.15, 0.2) is 47.5 Å². The summed E-state index contributed by atoms with van der Waals surface area (Å²) >= 11 is 5.92. The predicted molar refractivity (Wildman–Crippen MR) is 104 cm³/mol. The van der Waals surface area contributed by atoms with Crippen molar-refractivity contribution in [3.63, 3.8) is 0 Å². The summed E-state index contributed by atoms with van der Waals surface area (Å²) in [5.74, 6) is -1.88. The quantitative estimate of drug-likeness (QED) is 0.714. The molecule has 2 heterocycles. The van der Waals surface area contributed by atoms with Gasteiger partial charge in [-0.25, -0.2) is 13.4 Å². The minimum absolute atomic E-state index is 0.0149. The number of pyridine rings is 1. The van der Waals surface area contributed by atoms with Gasteiger partial charge in [0.05, 0.1) is 12.5 Å². The average Bonchev–Trinajstić information content (AvgIpc) is 2.72. The lowest BCUT2D eigenvalue weighted by molar-refractivity contribution is -0.303. The second-order valence-corrected chi connectivity index (χ2v) is 9.04. The van der Waals surface area contributed by atoms with E-state index in [-0.39, 0.29) is 16.5 Å². The number of nitrogens with zero attached hydrogens (tertiary/aromatic N) is 2. The second kappa shape index (κ2) is 8.89. The number of rotatable bonds is 6. The highest BCUT2D eigenvalue weighted by molar-refractivity contribution is 7.89. The first-order valence-corrected chi connectivity index (χ1v) is 10.8. The molecular weight excluding hydrogens is 418 g/mol. The molecule has 1 aromatic heterocycles. The van der Waals surface area contributed by atoms with Crippen LogP contribution in [0, 0.1) is 0 Å². The fourth-order valence-corrected chi connectivity index (χ4v) is 4.77. The molecule has 0 radical (unpaired) electrons. The Hall–Kier alpha value is -2.49. The van der Waals surface area contributed by atoms with E-state index in [1.165, 1.54) is 16.4 Å². The zero-order chi connectivity index (χ0) is 21.0. The van der Waals surface area contributed by atoms with E-state index >= 15 is 0 Å². The summed E-state index contributed by atoms with van der Waals surface area (Å²) in [5.41, 5.74) is 1.06. The first-order valence-electron chi connectivity index (χ1n) is 8.97. The first-order chi connectivity index (χ1) is 13.8. The number of piperidine rings is 1. The van der Waals surface area contributed by atoms with Crippen LogP contribution in [-0.2, 0) is 14.8 Å². The zero-order valence-corrected chi connectivity index (χ0v) is 16.9. The summed E-state index contributed by atoms with van der Waals surface area (Å²) in [7, 11) is -3.73. The van der Waals surface area contributed by atoms with Crippen molar-refractivity contribution < 1.29 is 23.1 Å². The molecule has 1 amide bonds. The molecule has 1 aliphatic heterocycles. The van der Waals surface area contributed by atoms with Gasteiger partial charge in [-0.1, -0.05) is 23.7 Å². The standard InChI is InChI=1S/C19H20ClN3O5S/c20-15-3-1-13(2-4-15)14-7-9-23(10-8-14)29(27,28)16-5-6-17(21-11-16)19(26)22-12-18(24)25/h1-6,11,14H,7-10,12H2,(H,22,26)(H,24,25)/p-1. The van der Waals surface area contributed by atoms with Gasteiger partial charge in [0.1, 0.15) is 10.6 Å². The summed E-state index contributed by atoms with van der Waals surface area (Å²) in [6, 6.07) is 10.1. The van der Waals surface area contributed by atoms with Crippen molar-refractivity contribution in [2.45, 2.75) is 23.7 Å². The van der Waals surface area contributed by atoms with Crippen LogP contribution in [0.25, 0.3) is 0 Å². The van der Waals surface area contributed by atoms with Gasteiger partial charge in [0.15, 0.2) is 0 Å². The van der Waals surface area contributed by atoms with Gasteiger partial charge in [-0.15, -0.1) is 0 Å². The van der Waals surface area contributed by atoms with Gasteiger partial charge in [-0.2, -0.15) is 4.31 Å². The number of nitrogens with one attached hydrogen (secondary N) is 1. The Morgan fingerprint density at radius 3 is 2.34 bits per heavy atom. The van der Waals surface area contributed by atoms with Crippen LogP contribution in [0.5, 0.6) is 0 Å². The first kappa shape index (κ1) is 21.2. The normalized spacial score (nSPS) is 15.8. The van der Waals surface area contributed by atoms with E-state index in [0.717, 1.165) is 11.8 Å². The average molecular weight is 437 g/mol. The zero-order valence-electron chi connectivity index (χ0n) is 15.4. The van der Waals surface area contributed by atoms with Crippen LogP contribution >= 0.6 is 11.6 Å². The van der Waals surface area contributed by atoms with Crippen molar-refractivity contribution >= 4 is 33.5 Å². The molecule has 0 unspecified atom stereocenters. The molecule has 10 heteroatoms. The van der Waals surface area contributed by atoms with Gasteiger partial charge in [0, 0.05) is 24.3 Å². The largest absolute Gasteiger partial charge is 0.548 e. The van der Waals surface area contributed by atoms with Gasteiger partial charge in [0.2, 0.25) is 10.0 Å². The van der Waals surface area contributed by atoms with E-state index in [2.05, 4.69) is 10.3 Å². The topological polar surface area (TPSA) is 119 Å². The second-order valence-electron chi connectivity index (χ2n) is 6.66. The summed E-state index contributed by atoms with van der Waals surface area (Å²) in [6.07, 6.45) is 2.49. The summed E-state index contributed by atoms with van der Waals surface area (Å²) in [6.45, 7) is 0.107. The van der Waals surface area contributed by atoms with Crippen LogP contribution in [0.2, 0.25) is 5.02 Å². The number of carbonyl (C=O) groups excluding carboxylic acids is 2. The Balaban J connectivity index is 1.64. The van der Waals surface area contributed by atoms with Crippen molar-refractivity contribution in [3.8, 4) is 0 Å². The maximum atomic E-state index is 12.9. The highest BCUT2D eigenvalue weighted by Gasteiger charge is 2.30. The molecule has 2 aromatic rings. The number of aromatic nitrogens is 1. The molecule has 29 heavy (non-hydrogen) atoms. The molecule has 0 aliphatic carbocycles. The maximum Gasteiger partial charge on any atom is 0.270 e. The SMILES string of the molecule is O=C([O-])CNC(=O)c1ccc(S(=O)(=O)N2CCC(c3ccc(Cl)cc3)CC2)cn1. The van der Waals surface area contributed by atoms with Gasteiger partial charge in [0.25, 0.3) is 5.91 Å². The lowest BCUT2D eigenvalue weighted by Gasteiger charge is -2.31. The van der Waals surface area contributed by atoms with Crippen LogP contribution < -0.4 is 10.4 Å². The van der Waals surface area contributed by atoms with Gasteiger partial charge in [-0.3, -0.25) is 4.79 Å². The summed E-state index contributed by atoms with van der Waals surface area (Å²) in [4.78, 5) is 26.0. The number of benzene rings is 1.